The zero-order chi connectivity index (χ0) is 42.2. The lowest BCUT2D eigenvalue weighted by Gasteiger charge is -2.20. The zero-order valence-corrected chi connectivity index (χ0v) is 35.1. The molecule has 0 aliphatic carbocycles. The molecule has 5 N–H and O–H groups in total. The number of esters is 2. The molecule has 12 nitrogen and oxygen atoms in total. The highest BCUT2D eigenvalue weighted by Gasteiger charge is 2.28. The first-order valence-electron chi connectivity index (χ1n) is 20.3. The number of aliphatic hydroxyl groups is 1. The lowest BCUT2D eigenvalue weighted by atomic mass is 10.1. The van der Waals surface area contributed by atoms with E-state index < -0.39 is 57.7 Å². The van der Waals surface area contributed by atoms with Crippen molar-refractivity contribution < 1.29 is 52.6 Å². The number of nitrogens with two attached hydrogens (primary N) is 1. The fraction of sp³-hybridized carbons (Fsp3) is 0.568. The number of aliphatic hydroxyl groups excluding tert-OH is 1. The van der Waals surface area contributed by atoms with Crippen LogP contribution < -0.4 is 5.73 Å². The number of carbonyl (C=O) groups is 3. The van der Waals surface area contributed by atoms with Crippen molar-refractivity contribution in [3.63, 3.8) is 0 Å². The zero-order valence-electron chi connectivity index (χ0n) is 34.2. The van der Waals surface area contributed by atoms with E-state index in [2.05, 4.69) is 96.5 Å². The van der Waals surface area contributed by atoms with Gasteiger partial charge in [-0.2, -0.15) is 0 Å². The molecule has 322 valence electrons. The molecule has 13 heteroatoms. The second-order valence-corrected chi connectivity index (χ2v) is 14.6. The van der Waals surface area contributed by atoms with Gasteiger partial charge in [0, 0.05) is 12.8 Å². The molecular weight excluding hydrogens is 749 g/mol. The largest absolute Gasteiger partial charge is 0.480 e. The summed E-state index contributed by atoms with van der Waals surface area (Å²) >= 11 is 0. The van der Waals surface area contributed by atoms with E-state index in [4.69, 9.17) is 24.8 Å². The lowest BCUT2D eigenvalue weighted by Crippen LogP contribution is -2.34. The number of ether oxygens (including phenoxy) is 2. The van der Waals surface area contributed by atoms with E-state index in [1.54, 1.807) is 0 Å². The summed E-state index contributed by atoms with van der Waals surface area (Å²) in [7, 11) is -4.75. The van der Waals surface area contributed by atoms with Crippen LogP contribution >= 0.6 is 7.82 Å². The molecule has 0 saturated heterocycles. The number of phosphoric acid groups is 1. The number of allylic oxidation sites excluding steroid dienone is 16. The number of carboxylic acids is 1. The number of phosphoric ester groups is 1. The highest BCUT2D eigenvalue weighted by molar-refractivity contribution is 7.47. The minimum atomic E-state index is -4.75. The fourth-order valence-corrected chi connectivity index (χ4v) is 5.39. The van der Waals surface area contributed by atoms with Gasteiger partial charge < -0.3 is 30.3 Å². The number of hydrogen-bond acceptors (Lipinski definition) is 10. The van der Waals surface area contributed by atoms with E-state index in [9.17, 15) is 28.9 Å². The molecule has 0 aliphatic rings. The first-order valence-corrected chi connectivity index (χ1v) is 21.8. The predicted octanol–water partition coefficient (Wildman–Crippen LogP) is 9.47. The van der Waals surface area contributed by atoms with Crippen molar-refractivity contribution >= 4 is 25.7 Å². The van der Waals surface area contributed by atoms with E-state index in [0.29, 0.717) is 19.3 Å². The fourth-order valence-electron chi connectivity index (χ4n) is 4.61. The first kappa shape index (κ1) is 53.4. The van der Waals surface area contributed by atoms with Gasteiger partial charge in [0.15, 0.2) is 6.10 Å². The molecule has 0 radical (unpaired) electrons. The number of aliphatic carboxylic acids is 1. The number of carboxylic acid groups (broad SMARTS) is 1. The second-order valence-electron chi connectivity index (χ2n) is 13.2. The Hall–Kier alpha value is -3.64. The van der Waals surface area contributed by atoms with Gasteiger partial charge in [0.1, 0.15) is 12.6 Å². The van der Waals surface area contributed by atoms with Crippen LogP contribution in [0, 0.1) is 0 Å². The molecule has 0 aromatic rings. The second kappa shape index (κ2) is 37.9. The van der Waals surface area contributed by atoms with Crippen LogP contribution in [0.15, 0.2) is 97.2 Å². The molecular formula is C44H70NO11P. The summed E-state index contributed by atoms with van der Waals surface area (Å²) in [5.74, 6) is -2.55. The molecule has 0 heterocycles. The Morgan fingerprint density at radius 1 is 0.614 bits per heavy atom. The SMILES string of the molecule is CC/C=C\C/C=C\C/C=C\C/C=C\CCCCC(=O)OC[C@H](COP(=O)(O)OC[C@H](N)C(=O)O)OC(=O)CCC/C=C\C/C=C\C/C=C\C/C=C\CC[C@H](O)CC. The predicted molar refractivity (Wildman–Crippen MR) is 227 cm³/mol. The van der Waals surface area contributed by atoms with Gasteiger partial charge in [-0.25, -0.2) is 4.57 Å². The van der Waals surface area contributed by atoms with Crippen molar-refractivity contribution in [2.45, 2.75) is 141 Å². The van der Waals surface area contributed by atoms with E-state index in [1.165, 1.54) is 0 Å². The lowest BCUT2D eigenvalue weighted by molar-refractivity contribution is -0.161. The third-order valence-corrected chi connectivity index (χ3v) is 8.93. The Morgan fingerprint density at radius 2 is 1.07 bits per heavy atom. The monoisotopic (exact) mass is 819 g/mol. The number of rotatable bonds is 36. The molecule has 57 heavy (non-hydrogen) atoms. The summed E-state index contributed by atoms with van der Waals surface area (Å²) in [6.07, 6.45) is 44.3. The van der Waals surface area contributed by atoms with Crippen LogP contribution in [-0.2, 0) is 37.5 Å². The van der Waals surface area contributed by atoms with Gasteiger partial charge >= 0.3 is 25.7 Å². The smallest absolute Gasteiger partial charge is 0.472 e. The molecule has 0 aromatic heterocycles. The van der Waals surface area contributed by atoms with Gasteiger partial charge in [0.05, 0.1) is 19.3 Å². The number of unbranched alkanes of at least 4 members (excludes halogenated alkanes) is 3. The third-order valence-electron chi connectivity index (χ3n) is 7.98. The number of hydrogen-bond donors (Lipinski definition) is 4. The van der Waals surface area contributed by atoms with Gasteiger partial charge in [-0.05, 0) is 96.3 Å². The maximum absolute atomic E-state index is 12.6. The van der Waals surface area contributed by atoms with E-state index in [0.717, 1.165) is 77.0 Å². The summed E-state index contributed by atoms with van der Waals surface area (Å²) < 4.78 is 32.5. The first-order chi connectivity index (χ1) is 27.5. The Morgan fingerprint density at radius 3 is 1.58 bits per heavy atom. The summed E-state index contributed by atoms with van der Waals surface area (Å²) in [6, 6.07) is -1.55. The minimum Gasteiger partial charge on any atom is -0.480 e. The van der Waals surface area contributed by atoms with Crippen LogP contribution in [-0.4, -0.2) is 71.1 Å². The van der Waals surface area contributed by atoms with Crippen LogP contribution in [0.2, 0.25) is 0 Å². The average molecular weight is 820 g/mol. The molecule has 0 aliphatic heterocycles. The highest BCUT2D eigenvalue weighted by atomic mass is 31.2. The Labute approximate surface area is 341 Å². The molecule has 0 fully saturated rings. The van der Waals surface area contributed by atoms with Crippen LogP contribution in [0.5, 0.6) is 0 Å². The Balaban J connectivity index is 4.61. The number of carbonyl (C=O) groups excluding carboxylic acids is 2. The minimum absolute atomic E-state index is 0.0566. The molecule has 0 amide bonds. The molecule has 4 atom stereocenters. The third kappa shape index (κ3) is 37.7. The van der Waals surface area contributed by atoms with E-state index in [1.807, 2.05) is 19.1 Å². The quantitative estimate of drug-likeness (QED) is 0.0203. The summed E-state index contributed by atoms with van der Waals surface area (Å²) in [4.78, 5) is 45.8. The van der Waals surface area contributed by atoms with Crippen molar-refractivity contribution in [2.24, 2.45) is 5.73 Å². The summed E-state index contributed by atoms with van der Waals surface area (Å²) in [5.41, 5.74) is 5.31. The molecule has 0 bridgehead atoms. The van der Waals surface area contributed by atoms with Crippen molar-refractivity contribution in [3.8, 4) is 0 Å². The van der Waals surface area contributed by atoms with Gasteiger partial charge in [-0.3, -0.25) is 23.4 Å². The highest BCUT2D eigenvalue weighted by Crippen LogP contribution is 2.43. The topological polar surface area (TPSA) is 192 Å². The van der Waals surface area contributed by atoms with Crippen molar-refractivity contribution in [3.05, 3.63) is 97.2 Å². The Kier molecular flexibility index (Phi) is 35.5. The maximum atomic E-state index is 12.6. The normalized spacial score (nSPS) is 15.3. The maximum Gasteiger partial charge on any atom is 0.472 e. The van der Waals surface area contributed by atoms with Crippen molar-refractivity contribution in [1.29, 1.82) is 0 Å². The van der Waals surface area contributed by atoms with Crippen LogP contribution in [0.25, 0.3) is 0 Å². The van der Waals surface area contributed by atoms with Gasteiger partial charge in [0.25, 0.3) is 0 Å². The molecule has 0 spiro atoms. The molecule has 0 saturated carbocycles. The van der Waals surface area contributed by atoms with Crippen molar-refractivity contribution in [1.82, 2.24) is 0 Å². The summed E-state index contributed by atoms with van der Waals surface area (Å²) in [5, 5.41) is 18.4. The molecule has 1 unspecified atom stereocenters. The van der Waals surface area contributed by atoms with Gasteiger partial charge in [-0.15, -0.1) is 0 Å². The van der Waals surface area contributed by atoms with Gasteiger partial charge in [0.2, 0.25) is 0 Å². The van der Waals surface area contributed by atoms with Crippen LogP contribution in [0.1, 0.15) is 123 Å². The standard InChI is InChI=1S/C44H70NO11P/c1-3-5-6-7-8-9-10-11-12-16-19-22-25-28-31-34-42(47)53-36-40(37-54-57(51,52)55-38-41(45)44(49)50)56-43(48)35-32-29-26-23-20-17-14-13-15-18-21-24-27-30-33-39(46)4-2/h5-6,8-9,11-12,14-15,17-19,22-24,26-27,39-41,46H,3-4,7,10,13,16,20-21,25,28-38,45H2,1-2H3,(H,49,50)(H,51,52)/b6-5-,9-8-,12-11-,17-14-,18-15-,22-19-,26-23-,27-24-/t39-,40-,41+/m1/s1. The Bertz CT molecular complexity index is 1350. The van der Waals surface area contributed by atoms with Crippen LogP contribution in [0.4, 0.5) is 0 Å². The average Bonchev–Trinajstić information content (AvgIpc) is 3.19. The summed E-state index contributed by atoms with van der Waals surface area (Å²) in [6.45, 7) is 2.27. The van der Waals surface area contributed by atoms with Crippen molar-refractivity contribution in [2.75, 3.05) is 19.8 Å². The molecule has 0 rings (SSSR count). The molecule has 0 aromatic carbocycles. The van der Waals surface area contributed by atoms with Crippen LogP contribution in [0.3, 0.4) is 0 Å². The van der Waals surface area contributed by atoms with Gasteiger partial charge in [-0.1, -0.05) is 111 Å². The van der Waals surface area contributed by atoms with E-state index >= 15 is 0 Å². The van der Waals surface area contributed by atoms with E-state index in [-0.39, 0.29) is 18.9 Å².